The highest BCUT2D eigenvalue weighted by molar-refractivity contribution is 5.76. The number of hydroxylamine groups is 2. The van der Waals surface area contributed by atoms with Crippen molar-refractivity contribution in [3.05, 3.63) is 24.3 Å². The van der Waals surface area contributed by atoms with Crippen LogP contribution in [0.15, 0.2) is 24.3 Å². The fourth-order valence-electron chi connectivity index (χ4n) is 2.58. The number of hydrogen-bond donors (Lipinski definition) is 1. The van der Waals surface area contributed by atoms with Gasteiger partial charge in [-0.3, -0.25) is 14.5 Å². The summed E-state index contributed by atoms with van der Waals surface area (Å²) < 4.78 is 0. The molecule has 1 heterocycles. The van der Waals surface area contributed by atoms with E-state index in [2.05, 4.69) is 6.58 Å². The van der Waals surface area contributed by atoms with Gasteiger partial charge in [0.05, 0.1) is 12.6 Å². The largest absolute Gasteiger partial charge is 0.480 e. The lowest BCUT2D eigenvalue weighted by Gasteiger charge is -2.38. The smallest absolute Gasteiger partial charge is 0.324 e. The maximum atomic E-state index is 11.3. The molecule has 0 aromatic rings. The van der Waals surface area contributed by atoms with Crippen molar-refractivity contribution >= 4 is 5.97 Å². The van der Waals surface area contributed by atoms with E-state index >= 15 is 0 Å². The Balaban J connectivity index is 2.15. The van der Waals surface area contributed by atoms with E-state index in [9.17, 15) is 9.90 Å². The summed E-state index contributed by atoms with van der Waals surface area (Å²) in [7, 11) is 3.74. The highest BCUT2D eigenvalue weighted by Gasteiger charge is 2.39. The maximum absolute atomic E-state index is 11.3. The minimum atomic E-state index is -0.784. The fourth-order valence-corrected chi connectivity index (χ4v) is 2.58. The summed E-state index contributed by atoms with van der Waals surface area (Å²) in [4.78, 5) is 18.7. The molecular formula is C14H22N2O3. The van der Waals surface area contributed by atoms with Crippen molar-refractivity contribution in [3.63, 3.8) is 0 Å². The fraction of sp³-hybridized carbons (Fsp3) is 0.643. The molecule has 5 nitrogen and oxygen atoms in total. The molecule has 19 heavy (non-hydrogen) atoms. The predicted octanol–water partition coefficient (Wildman–Crippen LogP) is 1.14. The summed E-state index contributed by atoms with van der Waals surface area (Å²) in [5.74, 6) is -0.246. The van der Waals surface area contributed by atoms with E-state index in [1.54, 1.807) is 6.08 Å². The Bertz CT molecular complexity index is 390. The topological polar surface area (TPSA) is 53.0 Å². The Morgan fingerprint density at radius 2 is 2.37 bits per heavy atom. The Morgan fingerprint density at radius 3 is 2.89 bits per heavy atom. The molecule has 2 atom stereocenters. The van der Waals surface area contributed by atoms with Gasteiger partial charge in [0.25, 0.3) is 0 Å². The van der Waals surface area contributed by atoms with Crippen LogP contribution in [0.3, 0.4) is 0 Å². The standard InChI is InChI=1S/C14H22N2O3/c1-4-7-19-16(3)13-9-15(2)12(14(17)18)8-11(13)10-5-6-10/h4,8,10,12-13H,1,5-7,9H2,2-3H3,(H,17,18)/t12-,13-/m0/s1. The van der Waals surface area contributed by atoms with Crippen molar-refractivity contribution in [3.8, 4) is 0 Å². The molecule has 106 valence electrons. The average molecular weight is 266 g/mol. The van der Waals surface area contributed by atoms with Crippen LogP contribution in [0, 0.1) is 5.92 Å². The van der Waals surface area contributed by atoms with E-state index in [0.717, 1.165) is 12.8 Å². The van der Waals surface area contributed by atoms with Crippen LogP contribution in [0.5, 0.6) is 0 Å². The molecule has 0 saturated heterocycles. The number of carboxylic acids is 1. The van der Waals surface area contributed by atoms with Crippen molar-refractivity contribution in [2.45, 2.75) is 24.9 Å². The summed E-state index contributed by atoms with van der Waals surface area (Å²) in [6, 6.07) is -0.382. The molecule has 0 spiro atoms. The first-order chi connectivity index (χ1) is 9.04. The van der Waals surface area contributed by atoms with Crippen LogP contribution in [0.25, 0.3) is 0 Å². The molecule has 0 aromatic heterocycles. The molecule has 1 aliphatic carbocycles. The van der Waals surface area contributed by atoms with Gasteiger partial charge in [0, 0.05) is 13.6 Å². The van der Waals surface area contributed by atoms with Gasteiger partial charge in [-0.2, -0.15) is 5.06 Å². The van der Waals surface area contributed by atoms with E-state index in [1.807, 2.05) is 30.1 Å². The zero-order valence-corrected chi connectivity index (χ0v) is 11.6. The monoisotopic (exact) mass is 266 g/mol. The molecule has 5 heteroatoms. The van der Waals surface area contributed by atoms with Gasteiger partial charge in [-0.25, -0.2) is 0 Å². The molecule has 1 saturated carbocycles. The number of aliphatic carboxylic acids is 1. The zero-order chi connectivity index (χ0) is 14.0. The highest BCUT2D eigenvalue weighted by atomic mass is 16.7. The van der Waals surface area contributed by atoms with Gasteiger partial charge in [0.2, 0.25) is 0 Å². The van der Waals surface area contributed by atoms with Crippen molar-refractivity contribution in [2.75, 3.05) is 27.2 Å². The van der Waals surface area contributed by atoms with Crippen LogP contribution in [0.4, 0.5) is 0 Å². The molecule has 2 aliphatic rings. The molecular weight excluding hydrogens is 244 g/mol. The van der Waals surface area contributed by atoms with Crippen LogP contribution in [0.1, 0.15) is 12.8 Å². The average Bonchev–Trinajstić information content (AvgIpc) is 3.19. The third kappa shape index (κ3) is 3.23. The van der Waals surface area contributed by atoms with E-state index in [-0.39, 0.29) is 6.04 Å². The molecule has 0 unspecified atom stereocenters. The van der Waals surface area contributed by atoms with Crippen molar-refractivity contribution in [1.29, 1.82) is 0 Å². The molecule has 0 amide bonds. The van der Waals surface area contributed by atoms with Crippen molar-refractivity contribution < 1.29 is 14.7 Å². The quantitative estimate of drug-likeness (QED) is 0.577. The summed E-state index contributed by atoms with van der Waals surface area (Å²) in [6.07, 6.45) is 5.94. The first-order valence-corrected chi connectivity index (χ1v) is 6.66. The SMILES string of the molecule is C=CCON(C)[C@H]1CN(C)[C@H](C(=O)O)C=C1C1CC1. The Hall–Kier alpha value is -1.17. The van der Waals surface area contributed by atoms with Gasteiger partial charge in [0.15, 0.2) is 0 Å². The third-order valence-electron chi connectivity index (χ3n) is 3.81. The molecule has 0 bridgehead atoms. The molecule has 1 N–H and O–H groups in total. The summed E-state index contributed by atoms with van der Waals surface area (Å²) in [5, 5.41) is 11.1. The first kappa shape index (κ1) is 14.2. The Morgan fingerprint density at radius 1 is 1.68 bits per heavy atom. The molecule has 1 fully saturated rings. The minimum absolute atomic E-state index is 0.132. The number of carbonyl (C=O) groups is 1. The Kier molecular flexibility index (Phi) is 4.39. The predicted molar refractivity (Wildman–Crippen MR) is 72.6 cm³/mol. The van der Waals surface area contributed by atoms with E-state index in [1.165, 1.54) is 5.57 Å². The number of likely N-dealkylation sites (N-methyl/N-ethyl adjacent to an activating group) is 2. The van der Waals surface area contributed by atoms with Gasteiger partial charge in [-0.1, -0.05) is 12.2 Å². The van der Waals surface area contributed by atoms with Crippen molar-refractivity contribution in [2.24, 2.45) is 5.92 Å². The Labute approximate surface area is 114 Å². The third-order valence-corrected chi connectivity index (χ3v) is 3.81. The number of hydrogen-bond acceptors (Lipinski definition) is 4. The first-order valence-electron chi connectivity index (χ1n) is 6.66. The van der Waals surface area contributed by atoms with Crippen LogP contribution < -0.4 is 0 Å². The zero-order valence-electron chi connectivity index (χ0n) is 11.6. The van der Waals surface area contributed by atoms with Gasteiger partial charge in [-0.05, 0) is 31.4 Å². The lowest BCUT2D eigenvalue weighted by Crippen LogP contribution is -2.51. The van der Waals surface area contributed by atoms with E-state index in [0.29, 0.717) is 19.1 Å². The van der Waals surface area contributed by atoms with Crippen LogP contribution in [0.2, 0.25) is 0 Å². The molecule has 0 aromatic carbocycles. The lowest BCUT2D eigenvalue weighted by atomic mass is 9.94. The van der Waals surface area contributed by atoms with E-state index in [4.69, 9.17) is 4.84 Å². The van der Waals surface area contributed by atoms with Gasteiger partial charge >= 0.3 is 5.97 Å². The van der Waals surface area contributed by atoms with Gasteiger partial charge < -0.3 is 5.11 Å². The molecule has 1 aliphatic heterocycles. The minimum Gasteiger partial charge on any atom is -0.480 e. The second kappa shape index (κ2) is 5.86. The normalized spacial score (nSPS) is 28.3. The van der Waals surface area contributed by atoms with Gasteiger partial charge in [-0.15, -0.1) is 6.58 Å². The van der Waals surface area contributed by atoms with Crippen LogP contribution in [-0.2, 0) is 9.63 Å². The molecule has 2 rings (SSSR count). The number of nitrogens with zero attached hydrogens (tertiary/aromatic N) is 2. The summed E-state index contributed by atoms with van der Waals surface area (Å²) >= 11 is 0. The summed E-state index contributed by atoms with van der Waals surface area (Å²) in [5.41, 5.74) is 1.22. The summed E-state index contributed by atoms with van der Waals surface area (Å²) in [6.45, 7) is 4.78. The second-order valence-electron chi connectivity index (χ2n) is 5.31. The van der Waals surface area contributed by atoms with Crippen LogP contribution in [-0.4, -0.2) is 60.4 Å². The van der Waals surface area contributed by atoms with Gasteiger partial charge in [0.1, 0.15) is 6.04 Å². The van der Waals surface area contributed by atoms with E-state index < -0.39 is 12.0 Å². The highest BCUT2D eigenvalue weighted by Crippen LogP contribution is 2.41. The van der Waals surface area contributed by atoms with Crippen LogP contribution >= 0.6 is 0 Å². The number of rotatable bonds is 6. The maximum Gasteiger partial charge on any atom is 0.324 e. The van der Waals surface area contributed by atoms with Crippen molar-refractivity contribution in [1.82, 2.24) is 9.96 Å². The molecule has 0 radical (unpaired) electrons. The lowest BCUT2D eigenvalue weighted by molar-refractivity contribution is -0.159. The second-order valence-corrected chi connectivity index (χ2v) is 5.31. The number of carboxylic acid groups (broad SMARTS) is 1.